The van der Waals surface area contributed by atoms with E-state index >= 15 is 0 Å². The molecule has 4 saturated heterocycles. The average Bonchev–Trinajstić information content (AvgIpc) is 3.32. The van der Waals surface area contributed by atoms with E-state index in [2.05, 4.69) is 0 Å². The van der Waals surface area contributed by atoms with Crippen molar-refractivity contribution in [3.8, 4) is 0 Å². The second-order valence-corrected chi connectivity index (χ2v) is 9.97. The Balaban J connectivity index is 1.44. The van der Waals surface area contributed by atoms with Gasteiger partial charge in [-0.05, 0) is 18.4 Å². The zero-order valence-corrected chi connectivity index (χ0v) is 15.9. The van der Waals surface area contributed by atoms with Gasteiger partial charge in [0.15, 0.2) is 5.72 Å². The first-order valence-electron chi connectivity index (χ1n) is 9.64. The number of carbonyl (C=O) groups excluding carboxylic acids is 1. The van der Waals surface area contributed by atoms with Crippen LogP contribution in [0.5, 0.6) is 0 Å². The van der Waals surface area contributed by atoms with Crippen LogP contribution in [0.4, 0.5) is 0 Å². The van der Waals surface area contributed by atoms with Crippen LogP contribution in [0.3, 0.4) is 0 Å². The number of nitrogens with zero attached hydrogens (tertiary/aromatic N) is 2. The Kier molecular flexibility index (Phi) is 4.09. The molecule has 27 heavy (non-hydrogen) atoms. The molecular formula is C19H24N2O5S. The maximum absolute atomic E-state index is 13.3. The van der Waals surface area contributed by atoms with Crippen LogP contribution in [-0.2, 0) is 24.3 Å². The number of ether oxygens (including phenoxy) is 2. The van der Waals surface area contributed by atoms with Crippen LogP contribution in [0.2, 0.25) is 0 Å². The first kappa shape index (κ1) is 17.6. The second-order valence-electron chi connectivity index (χ2n) is 7.80. The van der Waals surface area contributed by atoms with Gasteiger partial charge in [-0.2, -0.15) is 4.31 Å². The number of rotatable bonds is 3. The molecule has 4 heterocycles. The summed E-state index contributed by atoms with van der Waals surface area (Å²) in [5, 5.41) is -0.420. The molecule has 4 fully saturated rings. The monoisotopic (exact) mass is 392 g/mol. The third-order valence-electron chi connectivity index (χ3n) is 6.47. The second kappa shape index (κ2) is 6.27. The molecule has 4 aliphatic heterocycles. The van der Waals surface area contributed by atoms with Gasteiger partial charge in [-0.1, -0.05) is 30.3 Å². The van der Waals surface area contributed by atoms with Crippen LogP contribution < -0.4 is 0 Å². The summed E-state index contributed by atoms with van der Waals surface area (Å²) in [5.74, 6) is -0.00897. The number of sulfonamides is 1. The van der Waals surface area contributed by atoms with E-state index in [9.17, 15) is 13.2 Å². The number of amides is 1. The average molecular weight is 392 g/mol. The third-order valence-corrected chi connectivity index (χ3v) is 8.87. The van der Waals surface area contributed by atoms with Gasteiger partial charge in [0.25, 0.3) is 0 Å². The van der Waals surface area contributed by atoms with Crippen molar-refractivity contribution in [1.29, 1.82) is 0 Å². The van der Waals surface area contributed by atoms with E-state index in [0.29, 0.717) is 45.6 Å². The lowest BCUT2D eigenvalue weighted by Gasteiger charge is -2.33. The molecule has 0 saturated carbocycles. The quantitative estimate of drug-likeness (QED) is 0.774. The molecule has 8 heteroatoms. The minimum atomic E-state index is -3.47. The van der Waals surface area contributed by atoms with Crippen molar-refractivity contribution in [2.45, 2.75) is 48.8 Å². The Morgan fingerprint density at radius 1 is 1.11 bits per heavy atom. The Bertz CT molecular complexity index is 839. The zero-order chi connectivity index (χ0) is 18.6. The van der Waals surface area contributed by atoms with Gasteiger partial charge in [0.2, 0.25) is 15.9 Å². The fraction of sp³-hybridized carbons (Fsp3) is 0.632. The molecule has 0 bridgehead atoms. The van der Waals surface area contributed by atoms with E-state index in [0.717, 1.165) is 5.56 Å². The molecule has 3 atom stereocenters. The predicted octanol–water partition coefficient (Wildman–Crippen LogP) is 1.27. The molecule has 4 aliphatic rings. The van der Waals surface area contributed by atoms with E-state index in [-0.39, 0.29) is 18.4 Å². The molecule has 146 valence electrons. The lowest BCUT2D eigenvalue weighted by molar-refractivity contribution is -0.138. The highest BCUT2D eigenvalue weighted by Gasteiger charge is 2.66. The van der Waals surface area contributed by atoms with Crippen molar-refractivity contribution in [3.63, 3.8) is 0 Å². The summed E-state index contributed by atoms with van der Waals surface area (Å²) in [6.07, 6.45) is 1.58. The van der Waals surface area contributed by atoms with Crippen molar-refractivity contribution in [2.75, 3.05) is 26.3 Å². The summed E-state index contributed by atoms with van der Waals surface area (Å²) in [6, 6.07) is 9.42. The Morgan fingerprint density at radius 3 is 2.59 bits per heavy atom. The Hall–Kier alpha value is -1.48. The van der Waals surface area contributed by atoms with Crippen molar-refractivity contribution < 1.29 is 22.7 Å². The Labute approximate surface area is 159 Å². The van der Waals surface area contributed by atoms with E-state index in [1.165, 1.54) is 0 Å². The highest BCUT2D eigenvalue weighted by atomic mass is 32.2. The lowest BCUT2D eigenvalue weighted by Crippen LogP contribution is -2.50. The van der Waals surface area contributed by atoms with Crippen molar-refractivity contribution in [2.24, 2.45) is 0 Å². The van der Waals surface area contributed by atoms with Crippen LogP contribution in [0.15, 0.2) is 30.3 Å². The predicted molar refractivity (Wildman–Crippen MR) is 97.2 cm³/mol. The maximum atomic E-state index is 13.3. The first-order chi connectivity index (χ1) is 13.0. The molecule has 1 aromatic carbocycles. The molecule has 0 unspecified atom stereocenters. The van der Waals surface area contributed by atoms with E-state index < -0.39 is 27.0 Å². The highest BCUT2D eigenvalue weighted by Crippen LogP contribution is 2.51. The van der Waals surface area contributed by atoms with Crippen LogP contribution in [0.1, 0.15) is 37.4 Å². The molecule has 0 radical (unpaired) electrons. The number of benzene rings is 1. The molecule has 0 aromatic heterocycles. The smallest absolute Gasteiger partial charge is 0.226 e. The molecule has 0 aliphatic carbocycles. The van der Waals surface area contributed by atoms with E-state index in [1.807, 2.05) is 30.3 Å². The van der Waals surface area contributed by atoms with Crippen LogP contribution in [0, 0.1) is 0 Å². The summed E-state index contributed by atoms with van der Waals surface area (Å²) < 4.78 is 39.8. The van der Waals surface area contributed by atoms with E-state index in [4.69, 9.17) is 9.47 Å². The first-order valence-corrected chi connectivity index (χ1v) is 11.1. The largest absolute Gasteiger partial charge is 0.381 e. The van der Waals surface area contributed by atoms with Gasteiger partial charge in [-0.15, -0.1) is 0 Å². The lowest BCUT2D eigenvalue weighted by atomic mass is 10.1. The normalized spacial score (nSPS) is 34.8. The Morgan fingerprint density at radius 2 is 1.85 bits per heavy atom. The number of carbonyl (C=O) groups is 1. The van der Waals surface area contributed by atoms with Gasteiger partial charge in [0.1, 0.15) is 6.10 Å². The van der Waals surface area contributed by atoms with Gasteiger partial charge in [-0.3, -0.25) is 4.79 Å². The zero-order valence-electron chi connectivity index (χ0n) is 15.1. The number of hydrogen-bond acceptors (Lipinski definition) is 5. The van der Waals surface area contributed by atoms with Crippen molar-refractivity contribution in [3.05, 3.63) is 35.9 Å². The minimum Gasteiger partial charge on any atom is -0.381 e. The molecule has 1 spiro atoms. The summed E-state index contributed by atoms with van der Waals surface area (Å²) in [7, 11) is -3.47. The van der Waals surface area contributed by atoms with Gasteiger partial charge in [-0.25, -0.2) is 8.42 Å². The molecule has 7 nitrogen and oxygen atoms in total. The molecule has 5 rings (SSSR count). The van der Waals surface area contributed by atoms with Gasteiger partial charge < -0.3 is 14.4 Å². The van der Waals surface area contributed by atoms with Gasteiger partial charge in [0, 0.05) is 32.6 Å². The summed E-state index contributed by atoms with van der Waals surface area (Å²) in [6.45, 7) is 1.86. The van der Waals surface area contributed by atoms with Gasteiger partial charge in [0.05, 0.1) is 17.8 Å². The minimum absolute atomic E-state index is 0.00897. The summed E-state index contributed by atoms with van der Waals surface area (Å²) in [4.78, 5) is 14.5. The summed E-state index contributed by atoms with van der Waals surface area (Å²) >= 11 is 0. The van der Waals surface area contributed by atoms with Gasteiger partial charge >= 0.3 is 0 Å². The van der Waals surface area contributed by atoms with E-state index in [1.54, 1.807) is 9.21 Å². The SMILES string of the molecule is O=C1C[C@H]2N(S(=O)(=O)C3CCOCC3)CC[C@]23O[C@@H](c2ccccc2)CN13. The molecular weight excluding hydrogens is 368 g/mol. The van der Waals surface area contributed by atoms with Crippen LogP contribution in [0.25, 0.3) is 0 Å². The fourth-order valence-electron chi connectivity index (χ4n) is 5.10. The van der Waals surface area contributed by atoms with Crippen molar-refractivity contribution in [1.82, 2.24) is 9.21 Å². The standard InChI is InChI=1S/C19H24N2O5S/c22-18-12-17-19(20(18)13-16(26-19)14-4-2-1-3-5-14)8-9-21(17)27(23,24)15-6-10-25-11-7-15/h1-5,15-17H,6-13H2/t16-,17-,19+/m1/s1. The summed E-state index contributed by atoms with van der Waals surface area (Å²) in [5.41, 5.74) is 0.217. The molecule has 0 N–H and O–H groups in total. The fourth-order valence-corrected chi connectivity index (χ4v) is 7.21. The molecule has 1 aromatic rings. The van der Waals surface area contributed by atoms with Crippen molar-refractivity contribution >= 4 is 15.9 Å². The van der Waals surface area contributed by atoms with Crippen LogP contribution >= 0.6 is 0 Å². The third kappa shape index (κ3) is 2.57. The molecule has 1 amide bonds. The van der Waals surface area contributed by atoms with Crippen LogP contribution in [-0.4, -0.2) is 66.9 Å². The maximum Gasteiger partial charge on any atom is 0.226 e. The highest BCUT2D eigenvalue weighted by molar-refractivity contribution is 7.89. The number of hydrogen-bond donors (Lipinski definition) is 0. The topological polar surface area (TPSA) is 76.2 Å².